The fourth-order valence-electron chi connectivity index (χ4n) is 6.16. The van der Waals surface area contributed by atoms with Gasteiger partial charge in [-0.05, 0) is 90.9 Å². The topological polar surface area (TPSA) is 101 Å². The van der Waals surface area contributed by atoms with Gasteiger partial charge >= 0.3 is 5.97 Å². The molecule has 0 radical (unpaired) electrons. The van der Waals surface area contributed by atoms with Crippen molar-refractivity contribution in [1.29, 1.82) is 0 Å². The number of carboxylic acids is 1. The molecule has 2 N–H and O–H groups in total. The van der Waals surface area contributed by atoms with Gasteiger partial charge in [-0.25, -0.2) is 4.79 Å². The van der Waals surface area contributed by atoms with Crippen LogP contribution in [0.4, 0.5) is 0 Å². The number of hydrogen-bond acceptors (Lipinski definition) is 4. The molecule has 6 aromatic rings. The van der Waals surface area contributed by atoms with Gasteiger partial charge in [-0.3, -0.25) is 9.78 Å². The predicted molar refractivity (Wildman–Crippen MR) is 187 cm³/mol. The van der Waals surface area contributed by atoms with Gasteiger partial charge in [0.25, 0.3) is 5.91 Å². The highest BCUT2D eigenvalue weighted by Crippen LogP contribution is 2.46. The molecule has 1 amide bonds. The Balaban J connectivity index is 1.27. The van der Waals surface area contributed by atoms with E-state index in [0.29, 0.717) is 12.1 Å². The van der Waals surface area contributed by atoms with Crippen molar-refractivity contribution < 1.29 is 19.3 Å². The fraction of sp³-hybridized carbons (Fsp3) is 0.154. The second-order valence-electron chi connectivity index (χ2n) is 12.6. The lowest BCUT2D eigenvalue weighted by molar-refractivity contribution is 0.0696. The Kier molecular flexibility index (Phi) is 7.65. The Morgan fingerprint density at radius 1 is 0.851 bits per heavy atom. The lowest BCUT2D eigenvalue weighted by Crippen LogP contribution is -2.35. The molecule has 1 aliphatic carbocycles. The third-order valence-electron chi connectivity index (χ3n) is 8.94. The summed E-state index contributed by atoms with van der Waals surface area (Å²) in [5, 5.41) is 14.4. The number of pyridine rings is 1. The molecule has 7 nitrogen and oxygen atoms in total. The number of amides is 1. The molecule has 2 aromatic heterocycles. The standard InChI is InChI=1S/C39H34N3O4P/c1-47(2,46)33-10-6-9-29(22-33)31-21-30-17-20-42(25-26-11-16-35(40-24-26)27-7-4-3-5-8-27)36(30)34(23-31)37(43)41-39(18-19-39)32-14-12-28(13-15-32)38(44)45/h3-17,20-24H,18-19,25H2,1-2H3,(H,41,43)(H,44,45). The summed E-state index contributed by atoms with van der Waals surface area (Å²) >= 11 is 0. The molecule has 1 aliphatic rings. The number of nitrogens with one attached hydrogen (secondary N) is 1. The van der Waals surface area contributed by atoms with E-state index in [9.17, 15) is 19.3 Å². The van der Waals surface area contributed by atoms with Gasteiger partial charge in [0.2, 0.25) is 0 Å². The molecule has 1 saturated carbocycles. The van der Waals surface area contributed by atoms with Crippen LogP contribution >= 0.6 is 7.14 Å². The number of carbonyl (C=O) groups excluding carboxylic acids is 1. The van der Waals surface area contributed by atoms with Gasteiger partial charge in [-0.1, -0.05) is 66.7 Å². The molecule has 2 heterocycles. The molecule has 0 aliphatic heterocycles. The largest absolute Gasteiger partial charge is 0.478 e. The molecule has 0 atom stereocenters. The van der Waals surface area contributed by atoms with Gasteiger partial charge in [0.1, 0.15) is 7.14 Å². The molecule has 0 bridgehead atoms. The maximum absolute atomic E-state index is 14.3. The van der Waals surface area contributed by atoms with Crippen LogP contribution in [0.5, 0.6) is 0 Å². The summed E-state index contributed by atoms with van der Waals surface area (Å²) in [6.07, 6.45) is 5.40. The number of fused-ring (bicyclic) bond motifs is 1. The zero-order valence-corrected chi connectivity index (χ0v) is 27.1. The van der Waals surface area contributed by atoms with Gasteiger partial charge in [-0.2, -0.15) is 0 Å². The van der Waals surface area contributed by atoms with Crippen LogP contribution in [0.25, 0.3) is 33.3 Å². The van der Waals surface area contributed by atoms with Crippen molar-refractivity contribution in [3.63, 3.8) is 0 Å². The summed E-state index contributed by atoms with van der Waals surface area (Å²) in [4.78, 5) is 30.4. The number of carbonyl (C=O) groups is 2. The van der Waals surface area contributed by atoms with E-state index in [2.05, 4.69) is 22.0 Å². The van der Waals surface area contributed by atoms with E-state index < -0.39 is 18.7 Å². The summed E-state index contributed by atoms with van der Waals surface area (Å²) in [5.41, 5.74) is 6.59. The van der Waals surface area contributed by atoms with E-state index >= 15 is 0 Å². The first-order valence-corrected chi connectivity index (χ1v) is 18.2. The minimum atomic E-state index is -2.49. The Morgan fingerprint density at radius 3 is 2.26 bits per heavy atom. The highest BCUT2D eigenvalue weighted by atomic mass is 31.2. The predicted octanol–water partition coefficient (Wildman–Crippen LogP) is 7.78. The molecule has 1 fully saturated rings. The van der Waals surface area contributed by atoms with Crippen LogP contribution in [0.3, 0.4) is 0 Å². The van der Waals surface area contributed by atoms with Crippen molar-refractivity contribution >= 4 is 35.2 Å². The van der Waals surface area contributed by atoms with Crippen LogP contribution < -0.4 is 10.6 Å². The number of nitrogens with zero attached hydrogens (tertiary/aromatic N) is 2. The van der Waals surface area contributed by atoms with E-state index in [1.54, 1.807) is 37.6 Å². The highest BCUT2D eigenvalue weighted by Gasteiger charge is 2.46. The number of aromatic nitrogens is 2. The molecule has 0 saturated heterocycles. The van der Waals surface area contributed by atoms with Gasteiger partial charge < -0.3 is 19.6 Å². The molecule has 4 aromatic carbocycles. The summed E-state index contributed by atoms with van der Waals surface area (Å²) in [7, 11) is -2.49. The van der Waals surface area contributed by atoms with Crippen LogP contribution in [0.15, 0.2) is 122 Å². The van der Waals surface area contributed by atoms with Gasteiger partial charge in [0.15, 0.2) is 0 Å². The SMILES string of the molecule is CP(C)(=O)c1cccc(-c2cc(C(=O)NC3(c4ccc(C(=O)O)cc4)CC3)c3c(ccn3Cc3ccc(-c4ccccc4)nc3)c2)c1. The molecule has 234 valence electrons. The maximum atomic E-state index is 14.3. The van der Waals surface area contributed by atoms with E-state index in [4.69, 9.17) is 4.98 Å². The third-order valence-corrected chi connectivity index (χ3v) is 10.5. The first kappa shape index (κ1) is 30.4. The number of rotatable bonds is 9. The average molecular weight is 640 g/mol. The molecule has 8 heteroatoms. The van der Waals surface area contributed by atoms with Gasteiger partial charge in [0.05, 0.1) is 27.9 Å². The zero-order valence-electron chi connectivity index (χ0n) is 26.2. The third kappa shape index (κ3) is 6.15. The van der Waals surface area contributed by atoms with Crippen LogP contribution in [0.1, 0.15) is 44.7 Å². The first-order chi connectivity index (χ1) is 22.6. The number of hydrogen-bond donors (Lipinski definition) is 2. The summed E-state index contributed by atoms with van der Waals surface area (Å²) in [6, 6.07) is 34.6. The Morgan fingerprint density at radius 2 is 1.60 bits per heavy atom. The molecule has 0 unspecified atom stereocenters. The minimum absolute atomic E-state index is 0.207. The highest BCUT2D eigenvalue weighted by molar-refractivity contribution is 7.70. The molecule has 7 rings (SSSR count). The average Bonchev–Trinajstić information content (AvgIpc) is 3.76. The minimum Gasteiger partial charge on any atom is -0.478 e. The summed E-state index contributed by atoms with van der Waals surface area (Å²) in [6.45, 7) is 4.04. The first-order valence-electron chi connectivity index (χ1n) is 15.6. The number of carboxylic acid groups (broad SMARTS) is 1. The van der Waals surface area contributed by atoms with Gasteiger partial charge in [0, 0.05) is 35.2 Å². The van der Waals surface area contributed by atoms with Crippen molar-refractivity contribution in [3.05, 3.63) is 144 Å². The Labute approximate surface area is 273 Å². The smallest absolute Gasteiger partial charge is 0.335 e. The number of aromatic carboxylic acids is 1. The lowest BCUT2D eigenvalue weighted by Gasteiger charge is -2.20. The van der Waals surface area contributed by atoms with Crippen LogP contribution in [-0.4, -0.2) is 39.9 Å². The summed E-state index contributed by atoms with van der Waals surface area (Å²) in [5.74, 6) is -1.19. The monoisotopic (exact) mass is 639 g/mol. The van der Waals surface area contributed by atoms with Crippen molar-refractivity contribution in [3.8, 4) is 22.4 Å². The van der Waals surface area contributed by atoms with Crippen LogP contribution in [0, 0.1) is 0 Å². The van der Waals surface area contributed by atoms with E-state index in [1.807, 2.05) is 85.2 Å². The molecule has 0 spiro atoms. The second kappa shape index (κ2) is 11.8. The van der Waals surface area contributed by atoms with E-state index in [1.165, 1.54) is 0 Å². The fourth-order valence-corrected chi connectivity index (χ4v) is 7.06. The normalized spacial score (nSPS) is 13.7. The zero-order chi connectivity index (χ0) is 32.8. The van der Waals surface area contributed by atoms with Crippen molar-refractivity contribution in [1.82, 2.24) is 14.9 Å². The van der Waals surface area contributed by atoms with Crippen molar-refractivity contribution in [2.75, 3.05) is 13.3 Å². The molecule has 47 heavy (non-hydrogen) atoms. The molecular formula is C39H34N3O4P. The quantitative estimate of drug-likeness (QED) is 0.157. The van der Waals surface area contributed by atoms with Gasteiger partial charge in [-0.15, -0.1) is 0 Å². The summed E-state index contributed by atoms with van der Waals surface area (Å²) < 4.78 is 15.0. The Bertz CT molecular complexity index is 2180. The van der Waals surface area contributed by atoms with Crippen LogP contribution in [0.2, 0.25) is 0 Å². The number of benzene rings is 4. The van der Waals surface area contributed by atoms with E-state index in [-0.39, 0.29) is 11.5 Å². The van der Waals surface area contributed by atoms with Crippen molar-refractivity contribution in [2.24, 2.45) is 0 Å². The van der Waals surface area contributed by atoms with Crippen LogP contribution in [-0.2, 0) is 16.6 Å². The lowest BCUT2D eigenvalue weighted by atomic mass is 9.98. The Hall–Kier alpha value is -5.26. The van der Waals surface area contributed by atoms with Crippen molar-refractivity contribution in [2.45, 2.75) is 24.9 Å². The second-order valence-corrected chi connectivity index (χ2v) is 15.9. The van der Waals surface area contributed by atoms with E-state index in [0.717, 1.165) is 62.6 Å². The maximum Gasteiger partial charge on any atom is 0.335 e. The molecular weight excluding hydrogens is 605 g/mol.